The molecule has 0 aliphatic carbocycles. The van der Waals surface area contributed by atoms with Crippen molar-refractivity contribution >= 4 is 16.0 Å². The lowest BCUT2D eigenvalue weighted by Crippen LogP contribution is -2.41. The Kier molecular flexibility index (Phi) is 10.4. The number of hydrogen-bond donors (Lipinski definition) is 0. The summed E-state index contributed by atoms with van der Waals surface area (Å²) in [6, 6.07) is 9.43. The van der Waals surface area contributed by atoms with Crippen LogP contribution in [0.4, 0.5) is 4.39 Å². The summed E-state index contributed by atoms with van der Waals surface area (Å²) >= 11 is 0. The zero-order valence-corrected chi connectivity index (χ0v) is 21.5. The summed E-state index contributed by atoms with van der Waals surface area (Å²) in [5.74, 6) is -0.217. The van der Waals surface area contributed by atoms with E-state index in [0.717, 1.165) is 61.9 Å². The Bertz CT molecular complexity index is 1040. The lowest BCUT2D eigenvalue weighted by molar-refractivity contribution is -0.138. The maximum atomic E-state index is 13.4. The van der Waals surface area contributed by atoms with Crippen molar-refractivity contribution in [2.75, 3.05) is 7.11 Å². The number of carbonyl (C=O) groups is 1. The average molecular weight is 494 g/mol. The van der Waals surface area contributed by atoms with E-state index in [2.05, 4.69) is 6.92 Å². The lowest BCUT2D eigenvalue weighted by atomic mass is 9.96. The first-order valence-electron chi connectivity index (χ1n) is 11.8. The largest absolute Gasteiger partial charge is 0.493 e. The number of rotatable bonds is 13. The number of benzene rings is 2. The molecule has 0 spiro atoms. The van der Waals surface area contributed by atoms with E-state index < -0.39 is 15.9 Å². The fraction of sp³-hybridized carbons (Fsp3) is 0.500. The van der Waals surface area contributed by atoms with Crippen molar-refractivity contribution in [2.45, 2.75) is 77.3 Å². The van der Waals surface area contributed by atoms with Gasteiger partial charge in [-0.15, -0.1) is 0 Å². The fourth-order valence-corrected chi connectivity index (χ4v) is 4.64. The summed E-state index contributed by atoms with van der Waals surface area (Å²) < 4.78 is 49.4. The molecule has 2 aromatic rings. The Labute approximate surface area is 203 Å². The summed E-state index contributed by atoms with van der Waals surface area (Å²) in [6.07, 6.45) is 4.47. The van der Waals surface area contributed by atoms with Crippen LogP contribution in [0, 0.1) is 11.7 Å². The predicted molar refractivity (Wildman–Crippen MR) is 131 cm³/mol. The van der Waals surface area contributed by atoms with Gasteiger partial charge in [-0.25, -0.2) is 4.39 Å². The molecule has 0 aliphatic heterocycles. The second kappa shape index (κ2) is 12.7. The number of halogens is 1. The number of hydrogen-bond acceptors (Lipinski definition) is 5. The second-order valence-corrected chi connectivity index (χ2v) is 9.99. The first kappa shape index (κ1) is 27.6. The van der Waals surface area contributed by atoms with E-state index in [1.807, 2.05) is 25.7 Å². The van der Waals surface area contributed by atoms with Crippen molar-refractivity contribution in [3.8, 4) is 11.5 Å². The Hall–Kier alpha value is -2.61. The van der Waals surface area contributed by atoms with Crippen molar-refractivity contribution in [2.24, 2.45) is 5.92 Å². The van der Waals surface area contributed by atoms with Crippen molar-refractivity contribution in [3.05, 3.63) is 53.8 Å². The Morgan fingerprint density at radius 3 is 2.26 bits per heavy atom. The summed E-state index contributed by atoms with van der Waals surface area (Å²) in [7, 11) is -2.78. The molecule has 2 unspecified atom stereocenters. The zero-order valence-electron chi connectivity index (χ0n) is 20.7. The van der Waals surface area contributed by atoms with Gasteiger partial charge < -0.3 is 13.8 Å². The third-order valence-corrected chi connectivity index (χ3v) is 7.29. The van der Waals surface area contributed by atoms with E-state index in [1.54, 1.807) is 18.2 Å². The van der Waals surface area contributed by atoms with Gasteiger partial charge in [0.15, 0.2) is 11.5 Å². The molecule has 2 aromatic carbocycles. The van der Waals surface area contributed by atoms with Crippen LogP contribution >= 0.6 is 0 Å². The quantitative estimate of drug-likeness (QED) is 0.323. The van der Waals surface area contributed by atoms with E-state index in [-0.39, 0.29) is 34.3 Å². The highest BCUT2D eigenvalue weighted by Gasteiger charge is 2.27. The smallest absolute Gasteiger partial charge is 0.339 e. The first-order valence-corrected chi connectivity index (χ1v) is 13.2. The highest BCUT2D eigenvalue weighted by molar-refractivity contribution is 7.87. The minimum atomic E-state index is -4.20. The van der Waals surface area contributed by atoms with Crippen molar-refractivity contribution < 1.29 is 26.5 Å². The molecule has 0 fully saturated rings. The van der Waals surface area contributed by atoms with Crippen LogP contribution in [0.25, 0.3) is 0 Å². The molecule has 0 saturated heterocycles. The summed E-state index contributed by atoms with van der Waals surface area (Å²) in [5.41, 5.74) is 0.726. The van der Waals surface area contributed by atoms with E-state index in [1.165, 1.54) is 7.11 Å². The van der Waals surface area contributed by atoms with Gasteiger partial charge in [0.1, 0.15) is 10.7 Å². The molecule has 0 radical (unpaired) electrons. The Morgan fingerprint density at radius 1 is 1.03 bits per heavy atom. The molecule has 2 atom stereocenters. The minimum Gasteiger partial charge on any atom is -0.493 e. The van der Waals surface area contributed by atoms with Gasteiger partial charge in [0.25, 0.3) is 0 Å². The van der Waals surface area contributed by atoms with Crippen LogP contribution in [-0.4, -0.2) is 32.4 Å². The van der Waals surface area contributed by atoms with Gasteiger partial charge in [0.2, 0.25) is 5.91 Å². The summed E-state index contributed by atoms with van der Waals surface area (Å²) in [5, 5.41) is 0. The standard InChI is InChI=1S/C26H36FNO5S/c1-6-9-10-21(8-3)26(29)28(19(4)7-2)18-20-11-16-24(32-5)25(17-20)33-34(30,31)23-14-12-22(27)13-15-23/h11-17,19,21H,6-10,18H2,1-5H3. The Balaban J connectivity index is 2.34. The van der Waals surface area contributed by atoms with Crippen LogP contribution < -0.4 is 8.92 Å². The van der Waals surface area contributed by atoms with Gasteiger partial charge >= 0.3 is 10.1 Å². The molecular formula is C26H36FNO5S. The van der Waals surface area contributed by atoms with E-state index in [4.69, 9.17) is 8.92 Å². The topological polar surface area (TPSA) is 72.9 Å². The van der Waals surface area contributed by atoms with Gasteiger partial charge in [-0.2, -0.15) is 8.42 Å². The molecular weight excluding hydrogens is 457 g/mol. The molecule has 0 bridgehead atoms. The second-order valence-electron chi connectivity index (χ2n) is 8.45. The molecule has 1 amide bonds. The highest BCUT2D eigenvalue weighted by Crippen LogP contribution is 2.32. The third-order valence-electron chi connectivity index (χ3n) is 6.04. The summed E-state index contributed by atoms with van der Waals surface area (Å²) in [6.45, 7) is 8.53. The number of nitrogens with zero attached hydrogens (tertiary/aromatic N) is 1. The van der Waals surface area contributed by atoms with Crippen LogP contribution in [0.1, 0.15) is 65.4 Å². The molecule has 6 nitrogen and oxygen atoms in total. The van der Waals surface area contributed by atoms with Gasteiger partial charge in [-0.3, -0.25) is 4.79 Å². The van der Waals surface area contributed by atoms with Crippen molar-refractivity contribution in [3.63, 3.8) is 0 Å². The number of unbranched alkanes of at least 4 members (excludes halogenated alkanes) is 1. The monoisotopic (exact) mass is 493 g/mol. The maximum absolute atomic E-state index is 13.4. The minimum absolute atomic E-state index is 0.0129. The SMILES string of the molecule is CCCCC(CC)C(=O)N(Cc1ccc(OC)c(OS(=O)(=O)c2ccc(F)cc2)c1)C(C)CC. The van der Waals surface area contributed by atoms with Crippen LogP contribution in [0.2, 0.25) is 0 Å². The number of ether oxygens (including phenoxy) is 1. The van der Waals surface area contributed by atoms with Crippen LogP contribution in [0.15, 0.2) is 47.4 Å². The zero-order chi connectivity index (χ0) is 25.3. The molecule has 2 rings (SSSR count). The molecule has 8 heteroatoms. The molecule has 0 aliphatic rings. The lowest BCUT2D eigenvalue weighted by Gasteiger charge is -2.32. The molecule has 34 heavy (non-hydrogen) atoms. The van der Waals surface area contributed by atoms with Gasteiger partial charge in [-0.1, -0.05) is 39.7 Å². The number of methoxy groups -OCH3 is 1. The van der Waals surface area contributed by atoms with Gasteiger partial charge in [0.05, 0.1) is 7.11 Å². The Morgan fingerprint density at radius 2 is 1.71 bits per heavy atom. The van der Waals surface area contributed by atoms with Gasteiger partial charge in [-0.05, 0) is 68.1 Å². The molecule has 0 aromatic heterocycles. The van der Waals surface area contributed by atoms with Crippen LogP contribution in [0.5, 0.6) is 11.5 Å². The summed E-state index contributed by atoms with van der Waals surface area (Å²) in [4.78, 5) is 15.1. The third kappa shape index (κ3) is 7.19. The normalized spacial score (nSPS) is 13.2. The molecule has 0 heterocycles. The van der Waals surface area contributed by atoms with Gasteiger partial charge in [0, 0.05) is 18.5 Å². The molecule has 0 N–H and O–H groups in total. The predicted octanol–water partition coefficient (Wildman–Crippen LogP) is 5.95. The van der Waals surface area contributed by atoms with Crippen molar-refractivity contribution in [1.29, 1.82) is 0 Å². The molecule has 0 saturated carbocycles. The first-order chi connectivity index (χ1) is 16.2. The molecule has 188 valence electrons. The van der Waals surface area contributed by atoms with E-state index in [9.17, 15) is 17.6 Å². The number of carbonyl (C=O) groups excluding carboxylic acids is 1. The van der Waals surface area contributed by atoms with Crippen LogP contribution in [-0.2, 0) is 21.5 Å². The highest BCUT2D eigenvalue weighted by atomic mass is 32.2. The van der Waals surface area contributed by atoms with Crippen molar-refractivity contribution in [1.82, 2.24) is 4.90 Å². The van der Waals surface area contributed by atoms with Crippen LogP contribution in [0.3, 0.4) is 0 Å². The maximum Gasteiger partial charge on any atom is 0.339 e. The average Bonchev–Trinajstić information content (AvgIpc) is 2.82. The number of amides is 1. The fourth-order valence-electron chi connectivity index (χ4n) is 3.71. The van der Waals surface area contributed by atoms with E-state index in [0.29, 0.717) is 6.54 Å². The van der Waals surface area contributed by atoms with E-state index >= 15 is 0 Å².